The molecule has 168 valence electrons. The quantitative estimate of drug-likeness (QED) is 0.468. The number of aromatic amines is 1. The lowest BCUT2D eigenvalue weighted by Gasteiger charge is -2.14. The van der Waals surface area contributed by atoms with Gasteiger partial charge >= 0.3 is 0 Å². The van der Waals surface area contributed by atoms with Gasteiger partial charge in [-0.05, 0) is 49.9 Å². The predicted octanol–water partition coefficient (Wildman–Crippen LogP) is 3.64. The van der Waals surface area contributed by atoms with Gasteiger partial charge in [-0.15, -0.1) is 12.8 Å². The van der Waals surface area contributed by atoms with Gasteiger partial charge in [0.2, 0.25) is 0 Å². The minimum Gasteiger partial charge on any atom is -0.339 e. The van der Waals surface area contributed by atoms with Crippen LogP contribution in [0.1, 0.15) is 47.7 Å². The number of hydrogen-bond donors (Lipinski definition) is 2. The first-order chi connectivity index (χ1) is 16.3. The summed E-state index contributed by atoms with van der Waals surface area (Å²) >= 11 is 0. The number of pyridine rings is 1. The number of terminal acetylenes is 1. The van der Waals surface area contributed by atoms with Gasteiger partial charge in [0.15, 0.2) is 11.6 Å². The summed E-state index contributed by atoms with van der Waals surface area (Å²) in [5.74, 6) is 2.36. The average molecular weight is 443 g/mol. The first kappa shape index (κ1) is 22.0. The fraction of sp³-hybridized carbons (Fsp3) is 0.292. The molecular weight excluding hydrogens is 416 g/mol. The van der Waals surface area contributed by atoms with E-state index >= 15 is 0 Å². The summed E-state index contributed by atoms with van der Waals surface area (Å²) in [6.07, 6.45) is 19.5. The van der Waals surface area contributed by atoms with E-state index in [1.54, 1.807) is 23.0 Å². The van der Waals surface area contributed by atoms with E-state index in [1.807, 2.05) is 29.3 Å². The summed E-state index contributed by atoms with van der Waals surface area (Å²) in [5.41, 5.74) is 2.84. The Morgan fingerprint density at radius 3 is 2.70 bits per heavy atom. The Hall–Kier alpha value is -4.19. The van der Waals surface area contributed by atoms with Crippen molar-refractivity contribution in [2.75, 3.05) is 18.4 Å². The molecule has 1 aliphatic carbocycles. The molecule has 9 heteroatoms. The number of aromatic nitrogens is 6. The van der Waals surface area contributed by atoms with Gasteiger partial charge in [-0.3, -0.25) is 14.9 Å². The standard InChI is InChI=1S/C12H12N6.C10H12N2O.C2H2/c1-2-10-12(13-7-14-18(10)5-1)15-11-6-9(16-17-11)8-3-4-8;13-10(12-6-1-2-7-12)9-4-3-5-11-8-9;1-2/h1-2,5-8H,3-4H2,(H2,13,14,15,16,17);3-5,8H,1-2,6-7H2;1-2H. The van der Waals surface area contributed by atoms with Crippen LogP contribution in [0.2, 0.25) is 0 Å². The van der Waals surface area contributed by atoms with E-state index in [4.69, 9.17) is 0 Å². The second kappa shape index (κ2) is 10.4. The van der Waals surface area contributed by atoms with Gasteiger partial charge in [0.1, 0.15) is 11.8 Å². The molecule has 33 heavy (non-hydrogen) atoms. The molecule has 2 N–H and O–H groups in total. The number of nitrogens with one attached hydrogen (secondary N) is 2. The second-order valence-electron chi connectivity index (χ2n) is 7.80. The fourth-order valence-electron chi connectivity index (χ4n) is 3.68. The van der Waals surface area contributed by atoms with E-state index in [0.29, 0.717) is 11.5 Å². The molecule has 4 aromatic rings. The van der Waals surface area contributed by atoms with Crippen LogP contribution in [0.15, 0.2) is 55.2 Å². The van der Waals surface area contributed by atoms with Gasteiger partial charge in [0.25, 0.3) is 5.91 Å². The third-order valence-electron chi connectivity index (χ3n) is 5.50. The van der Waals surface area contributed by atoms with Gasteiger partial charge in [-0.25, -0.2) is 9.50 Å². The van der Waals surface area contributed by atoms with Crippen LogP contribution in [0.25, 0.3) is 5.52 Å². The van der Waals surface area contributed by atoms with Crippen molar-refractivity contribution in [1.82, 2.24) is 34.7 Å². The maximum atomic E-state index is 11.7. The maximum absolute atomic E-state index is 11.7. The summed E-state index contributed by atoms with van der Waals surface area (Å²) in [6, 6.07) is 9.57. The van der Waals surface area contributed by atoms with Gasteiger partial charge in [0.05, 0.1) is 5.56 Å². The molecule has 9 nitrogen and oxygen atoms in total. The van der Waals surface area contributed by atoms with Crippen molar-refractivity contribution in [2.45, 2.75) is 31.6 Å². The number of likely N-dealkylation sites (tertiary alicyclic amines) is 1. The topological polar surface area (TPSA) is 104 Å². The Morgan fingerprint density at radius 1 is 1.15 bits per heavy atom. The lowest BCUT2D eigenvalue weighted by Crippen LogP contribution is -2.27. The highest BCUT2D eigenvalue weighted by molar-refractivity contribution is 5.94. The van der Waals surface area contributed by atoms with Crippen LogP contribution in [0.4, 0.5) is 11.6 Å². The maximum Gasteiger partial charge on any atom is 0.255 e. The molecule has 2 aliphatic rings. The molecule has 0 bridgehead atoms. The summed E-state index contributed by atoms with van der Waals surface area (Å²) < 4.78 is 1.78. The lowest BCUT2D eigenvalue weighted by atomic mass is 10.2. The average Bonchev–Trinajstić information content (AvgIpc) is 3.27. The second-order valence-corrected chi connectivity index (χ2v) is 7.80. The van der Waals surface area contributed by atoms with E-state index in [9.17, 15) is 4.79 Å². The molecule has 0 aromatic carbocycles. The highest BCUT2D eigenvalue weighted by atomic mass is 16.2. The zero-order valence-corrected chi connectivity index (χ0v) is 18.3. The third-order valence-corrected chi connectivity index (χ3v) is 5.50. The number of rotatable bonds is 4. The number of hydrogen-bond acceptors (Lipinski definition) is 6. The number of nitrogens with zero attached hydrogens (tertiary/aromatic N) is 6. The van der Waals surface area contributed by atoms with E-state index in [1.165, 1.54) is 24.9 Å². The van der Waals surface area contributed by atoms with Gasteiger partial charge < -0.3 is 10.2 Å². The number of carbonyl (C=O) groups is 1. The number of fused-ring (bicyclic) bond motifs is 1. The smallest absolute Gasteiger partial charge is 0.255 e. The lowest BCUT2D eigenvalue weighted by molar-refractivity contribution is 0.0792. The Balaban J connectivity index is 0.000000154. The van der Waals surface area contributed by atoms with Gasteiger partial charge in [0, 0.05) is 49.4 Å². The van der Waals surface area contributed by atoms with Crippen LogP contribution < -0.4 is 5.32 Å². The third kappa shape index (κ3) is 5.36. The van der Waals surface area contributed by atoms with Crippen LogP contribution in [0.3, 0.4) is 0 Å². The van der Waals surface area contributed by atoms with Crippen molar-refractivity contribution in [2.24, 2.45) is 0 Å². The molecule has 2 fully saturated rings. The van der Waals surface area contributed by atoms with E-state index in [0.717, 1.165) is 43.1 Å². The normalized spacial score (nSPS) is 14.7. The molecule has 0 atom stereocenters. The first-order valence-corrected chi connectivity index (χ1v) is 10.9. The zero-order valence-electron chi connectivity index (χ0n) is 18.3. The van der Waals surface area contributed by atoms with Gasteiger partial charge in [-0.1, -0.05) is 0 Å². The molecule has 0 spiro atoms. The van der Waals surface area contributed by atoms with Crippen molar-refractivity contribution in [3.63, 3.8) is 0 Å². The van der Waals surface area contributed by atoms with Gasteiger partial charge in [-0.2, -0.15) is 10.2 Å². The summed E-state index contributed by atoms with van der Waals surface area (Å²) in [7, 11) is 0. The minimum absolute atomic E-state index is 0.116. The van der Waals surface area contributed by atoms with Crippen molar-refractivity contribution >= 4 is 23.1 Å². The number of carbonyl (C=O) groups excluding carboxylic acids is 1. The Bertz CT molecular complexity index is 1200. The fourth-order valence-corrected chi connectivity index (χ4v) is 3.68. The largest absolute Gasteiger partial charge is 0.339 e. The molecule has 6 rings (SSSR count). The first-order valence-electron chi connectivity index (χ1n) is 10.9. The molecule has 1 saturated carbocycles. The van der Waals surface area contributed by atoms with E-state index in [2.05, 4.69) is 49.5 Å². The monoisotopic (exact) mass is 442 g/mol. The number of amides is 1. The van der Waals surface area contributed by atoms with E-state index in [-0.39, 0.29) is 5.91 Å². The summed E-state index contributed by atoms with van der Waals surface area (Å²) in [6.45, 7) is 1.79. The van der Waals surface area contributed by atoms with Crippen LogP contribution in [-0.4, -0.2) is 53.7 Å². The number of anilines is 2. The van der Waals surface area contributed by atoms with Crippen LogP contribution >= 0.6 is 0 Å². The van der Waals surface area contributed by atoms with Crippen LogP contribution in [-0.2, 0) is 0 Å². The highest BCUT2D eigenvalue weighted by Crippen LogP contribution is 2.39. The molecule has 0 unspecified atom stereocenters. The van der Waals surface area contributed by atoms with Crippen molar-refractivity contribution in [3.8, 4) is 12.8 Å². The predicted molar refractivity (Wildman–Crippen MR) is 126 cm³/mol. The summed E-state index contributed by atoms with van der Waals surface area (Å²) in [4.78, 5) is 21.8. The van der Waals surface area contributed by atoms with Crippen molar-refractivity contribution in [1.29, 1.82) is 0 Å². The van der Waals surface area contributed by atoms with Crippen molar-refractivity contribution in [3.05, 3.63) is 66.5 Å². The Morgan fingerprint density at radius 2 is 1.97 bits per heavy atom. The van der Waals surface area contributed by atoms with E-state index < -0.39 is 0 Å². The van der Waals surface area contributed by atoms with Crippen molar-refractivity contribution < 1.29 is 4.79 Å². The zero-order chi connectivity index (χ0) is 23.0. The molecule has 1 saturated heterocycles. The SMILES string of the molecule is C#C.O=C(c1cccnc1)N1CCCC1.c1cc2c(Nc3cc(C4CC4)[nH]n3)ncnn2c1. The Labute approximate surface area is 192 Å². The molecule has 4 aromatic heterocycles. The number of H-pyrrole nitrogens is 1. The Kier molecular flexibility index (Phi) is 6.95. The molecule has 5 heterocycles. The summed E-state index contributed by atoms with van der Waals surface area (Å²) in [5, 5.41) is 14.7. The molecule has 0 radical (unpaired) electrons. The minimum atomic E-state index is 0.116. The van der Waals surface area contributed by atoms with Crippen LogP contribution in [0.5, 0.6) is 0 Å². The van der Waals surface area contributed by atoms with Crippen LogP contribution in [0, 0.1) is 12.8 Å². The molecule has 1 amide bonds. The molecule has 1 aliphatic heterocycles. The molecular formula is C24H26N8O. The highest BCUT2D eigenvalue weighted by Gasteiger charge is 2.25.